The highest BCUT2D eigenvalue weighted by molar-refractivity contribution is 6.62. The third-order valence-electron chi connectivity index (χ3n) is 4.71. The number of hydrogen-bond acceptors (Lipinski definition) is 2. The van der Waals surface area contributed by atoms with Crippen LogP contribution in [0.25, 0.3) is 0 Å². The van der Waals surface area contributed by atoms with E-state index in [0.717, 1.165) is 5.46 Å². The summed E-state index contributed by atoms with van der Waals surface area (Å²) in [5.74, 6) is 0.677. The second kappa shape index (κ2) is 4.61. The van der Waals surface area contributed by atoms with Gasteiger partial charge in [-0.3, -0.25) is 0 Å². The SMILES string of the molecule is Cc1cc(B2OC(C)(C)C(C)(C)O2)ccc1[C]C1CC1. The maximum Gasteiger partial charge on any atom is 0.494 e. The maximum absolute atomic E-state index is 6.10. The van der Waals surface area contributed by atoms with Crippen molar-refractivity contribution in [3.8, 4) is 0 Å². The van der Waals surface area contributed by atoms with E-state index in [-0.39, 0.29) is 18.3 Å². The number of aryl methyl sites for hydroxylation is 1. The highest BCUT2D eigenvalue weighted by Crippen LogP contribution is 2.37. The molecule has 2 fully saturated rings. The van der Waals surface area contributed by atoms with Crippen molar-refractivity contribution in [1.29, 1.82) is 0 Å². The second-order valence-electron chi connectivity index (χ2n) is 7.08. The summed E-state index contributed by atoms with van der Waals surface area (Å²) < 4.78 is 12.2. The van der Waals surface area contributed by atoms with Crippen molar-refractivity contribution in [2.45, 2.75) is 58.7 Å². The molecule has 1 heterocycles. The van der Waals surface area contributed by atoms with E-state index >= 15 is 0 Å². The summed E-state index contributed by atoms with van der Waals surface area (Å²) in [5, 5.41) is 0. The fourth-order valence-electron chi connectivity index (χ4n) is 2.42. The van der Waals surface area contributed by atoms with Crippen LogP contribution in [0, 0.1) is 19.3 Å². The molecule has 1 aliphatic heterocycles. The summed E-state index contributed by atoms with van der Waals surface area (Å²) in [6, 6.07) is 6.43. The molecule has 0 spiro atoms. The van der Waals surface area contributed by atoms with Gasteiger partial charge >= 0.3 is 7.12 Å². The van der Waals surface area contributed by atoms with Gasteiger partial charge < -0.3 is 9.31 Å². The average molecular weight is 270 g/mol. The molecule has 3 rings (SSSR count). The van der Waals surface area contributed by atoms with Gasteiger partial charge in [-0.05, 0) is 70.0 Å². The molecule has 0 atom stereocenters. The smallest absolute Gasteiger partial charge is 0.399 e. The van der Waals surface area contributed by atoms with Gasteiger partial charge in [0.15, 0.2) is 0 Å². The molecule has 0 aromatic heterocycles. The standard InChI is InChI=1S/C17H23BO2/c1-12-10-15(9-8-14(12)11-13-6-7-13)18-19-16(2,3)17(4,5)20-18/h8-10,13H,6-7H2,1-5H3. The minimum Gasteiger partial charge on any atom is -0.399 e. The minimum absolute atomic E-state index is 0.270. The second-order valence-corrected chi connectivity index (χ2v) is 7.08. The average Bonchev–Trinajstić information content (AvgIpc) is 3.10. The number of rotatable bonds is 3. The molecule has 20 heavy (non-hydrogen) atoms. The highest BCUT2D eigenvalue weighted by atomic mass is 16.7. The molecule has 0 amide bonds. The van der Waals surface area contributed by atoms with Crippen LogP contribution in [0.1, 0.15) is 51.7 Å². The monoisotopic (exact) mass is 270 g/mol. The van der Waals surface area contributed by atoms with Gasteiger partial charge in [-0.2, -0.15) is 0 Å². The molecule has 0 unspecified atom stereocenters. The Morgan fingerprint density at radius 3 is 2.20 bits per heavy atom. The van der Waals surface area contributed by atoms with Gasteiger partial charge in [-0.25, -0.2) is 0 Å². The van der Waals surface area contributed by atoms with E-state index in [0.29, 0.717) is 5.92 Å². The van der Waals surface area contributed by atoms with Crippen molar-refractivity contribution in [2.75, 3.05) is 0 Å². The van der Waals surface area contributed by atoms with Crippen molar-refractivity contribution in [2.24, 2.45) is 5.92 Å². The Hall–Kier alpha value is -0.795. The summed E-state index contributed by atoms with van der Waals surface area (Å²) >= 11 is 0. The van der Waals surface area contributed by atoms with Crippen LogP contribution in [-0.2, 0) is 9.31 Å². The topological polar surface area (TPSA) is 18.5 Å². The van der Waals surface area contributed by atoms with Gasteiger partial charge in [0.25, 0.3) is 0 Å². The van der Waals surface area contributed by atoms with Crippen LogP contribution in [0.4, 0.5) is 0 Å². The molecule has 106 valence electrons. The molecule has 1 aromatic rings. The molecule has 2 aliphatic rings. The first-order chi connectivity index (χ1) is 9.28. The van der Waals surface area contributed by atoms with Crippen LogP contribution in [0.2, 0.25) is 0 Å². The zero-order valence-corrected chi connectivity index (χ0v) is 13.1. The van der Waals surface area contributed by atoms with Gasteiger partial charge in [-0.1, -0.05) is 18.2 Å². The molecule has 2 radical (unpaired) electrons. The van der Waals surface area contributed by atoms with E-state index in [4.69, 9.17) is 9.31 Å². The largest absolute Gasteiger partial charge is 0.494 e. The summed E-state index contributed by atoms with van der Waals surface area (Å²) in [4.78, 5) is 0. The van der Waals surface area contributed by atoms with Crippen LogP contribution in [-0.4, -0.2) is 18.3 Å². The Bertz CT molecular complexity index is 502. The van der Waals surface area contributed by atoms with Crippen molar-refractivity contribution >= 4 is 12.6 Å². The van der Waals surface area contributed by atoms with Crippen molar-refractivity contribution in [1.82, 2.24) is 0 Å². The Morgan fingerprint density at radius 2 is 1.70 bits per heavy atom. The lowest BCUT2D eigenvalue weighted by atomic mass is 9.77. The van der Waals surface area contributed by atoms with Gasteiger partial charge in [0.1, 0.15) is 0 Å². The third-order valence-corrected chi connectivity index (χ3v) is 4.71. The minimum atomic E-state index is -0.281. The molecule has 0 N–H and O–H groups in total. The van der Waals surface area contributed by atoms with Gasteiger partial charge in [0.2, 0.25) is 0 Å². The molecular weight excluding hydrogens is 247 g/mol. The zero-order chi connectivity index (χ0) is 14.5. The molecular formula is C17H23BO2. The van der Waals surface area contributed by atoms with Gasteiger partial charge in [-0.15, -0.1) is 0 Å². The number of benzene rings is 1. The Balaban J connectivity index is 1.79. The third kappa shape index (κ3) is 2.54. The Kier molecular flexibility index (Phi) is 3.26. The maximum atomic E-state index is 6.10. The van der Waals surface area contributed by atoms with E-state index in [2.05, 4.69) is 59.2 Å². The van der Waals surface area contributed by atoms with Crippen LogP contribution in [0.15, 0.2) is 18.2 Å². The van der Waals surface area contributed by atoms with Crippen LogP contribution in [0.5, 0.6) is 0 Å². The molecule has 0 bridgehead atoms. The Labute approximate surface area is 123 Å². The fourth-order valence-corrected chi connectivity index (χ4v) is 2.42. The molecule has 1 saturated heterocycles. The molecule has 1 saturated carbocycles. The normalized spacial score (nSPS) is 24.1. The van der Waals surface area contributed by atoms with E-state index in [9.17, 15) is 0 Å². The lowest BCUT2D eigenvalue weighted by molar-refractivity contribution is 0.00578. The highest BCUT2D eigenvalue weighted by Gasteiger charge is 2.51. The molecule has 3 heteroatoms. The first-order valence-corrected chi connectivity index (χ1v) is 7.51. The van der Waals surface area contributed by atoms with Gasteiger partial charge in [0, 0.05) is 6.42 Å². The predicted molar refractivity (Wildman–Crippen MR) is 82.0 cm³/mol. The lowest BCUT2D eigenvalue weighted by Gasteiger charge is -2.32. The fraction of sp³-hybridized carbons (Fsp3) is 0.588. The summed E-state index contributed by atoms with van der Waals surface area (Å²) in [7, 11) is -0.270. The lowest BCUT2D eigenvalue weighted by Crippen LogP contribution is -2.41. The zero-order valence-electron chi connectivity index (χ0n) is 13.1. The van der Waals surface area contributed by atoms with Crippen molar-refractivity contribution in [3.05, 3.63) is 35.7 Å². The van der Waals surface area contributed by atoms with Gasteiger partial charge in [0.05, 0.1) is 11.2 Å². The molecule has 1 aromatic carbocycles. The van der Waals surface area contributed by atoms with Crippen LogP contribution >= 0.6 is 0 Å². The van der Waals surface area contributed by atoms with E-state index in [1.165, 1.54) is 24.0 Å². The molecule has 1 aliphatic carbocycles. The van der Waals surface area contributed by atoms with E-state index in [1.807, 2.05) is 0 Å². The summed E-state index contributed by atoms with van der Waals surface area (Å²) in [5.41, 5.74) is 3.02. The van der Waals surface area contributed by atoms with Crippen molar-refractivity contribution in [3.63, 3.8) is 0 Å². The predicted octanol–water partition coefficient (Wildman–Crippen LogP) is 3.13. The van der Waals surface area contributed by atoms with Crippen molar-refractivity contribution < 1.29 is 9.31 Å². The number of hydrogen-bond donors (Lipinski definition) is 0. The summed E-state index contributed by atoms with van der Waals surface area (Å²) in [6.07, 6.45) is 6.13. The quantitative estimate of drug-likeness (QED) is 0.786. The van der Waals surface area contributed by atoms with Crippen LogP contribution in [0.3, 0.4) is 0 Å². The molecule has 2 nitrogen and oxygen atoms in total. The first-order valence-electron chi connectivity index (χ1n) is 7.51. The summed E-state index contributed by atoms with van der Waals surface area (Å²) in [6.45, 7) is 10.5. The van der Waals surface area contributed by atoms with Crippen LogP contribution < -0.4 is 5.46 Å². The first kappa shape index (κ1) is 14.2. The van der Waals surface area contributed by atoms with E-state index < -0.39 is 0 Å². The Morgan fingerprint density at radius 1 is 1.10 bits per heavy atom. The van der Waals surface area contributed by atoms with E-state index in [1.54, 1.807) is 0 Å².